The van der Waals surface area contributed by atoms with E-state index in [0.29, 0.717) is 35.5 Å². The van der Waals surface area contributed by atoms with Crippen LogP contribution in [0, 0.1) is 6.92 Å². The summed E-state index contributed by atoms with van der Waals surface area (Å²) in [4.78, 5) is 16.8. The van der Waals surface area contributed by atoms with E-state index in [1.165, 1.54) is 5.56 Å². The molecule has 1 atom stereocenters. The van der Waals surface area contributed by atoms with Crippen molar-refractivity contribution < 1.29 is 14.3 Å². The largest absolute Gasteiger partial charge is 0.484 e. The van der Waals surface area contributed by atoms with E-state index < -0.39 is 0 Å². The Hall–Kier alpha value is -2.57. The van der Waals surface area contributed by atoms with Gasteiger partial charge in [-0.2, -0.15) is 0 Å². The molecule has 1 heterocycles. The molecule has 0 unspecified atom stereocenters. The van der Waals surface area contributed by atoms with E-state index in [9.17, 15) is 4.79 Å². The quantitative estimate of drug-likeness (QED) is 0.364. The monoisotopic (exact) mass is 512 g/mol. The van der Waals surface area contributed by atoms with E-state index in [2.05, 4.69) is 36.1 Å². The van der Waals surface area contributed by atoms with Crippen LogP contribution in [0.1, 0.15) is 22.8 Å². The third-order valence-corrected chi connectivity index (χ3v) is 6.60. The molecular weight excluding hydrogens is 483 g/mol. The third-order valence-electron chi connectivity index (χ3n) is 6.10. The lowest BCUT2D eigenvalue weighted by molar-refractivity contribution is -0.135. The van der Waals surface area contributed by atoms with Crippen LogP contribution in [-0.4, -0.2) is 55.0 Å². The molecule has 35 heavy (non-hydrogen) atoms. The van der Waals surface area contributed by atoms with Crippen LogP contribution in [0.2, 0.25) is 10.0 Å². The molecule has 4 rings (SSSR count). The molecule has 5 nitrogen and oxygen atoms in total. The van der Waals surface area contributed by atoms with Gasteiger partial charge in [-0.25, -0.2) is 0 Å². The Morgan fingerprint density at radius 3 is 2.23 bits per heavy atom. The molecule has 0 N–H and O–H groups in total. The molecule has 0 aliphatic carbocycles. The average molecular weight is 513 g/mol. The first-order chi connectivity index (χ1) is 17.0. The normalized spacial score (nSPS) is 15.1. The van der Waals surface area contributed by atoms with Crippen LogP contribution in [0.3, 0.4) is 0 Å². The Morgan fingerprint density at radius 2 is 1.57 bits per heavy atom. The number of hydrogen-bond donors (Lipinski definition) is 0. The van der Waals surface area contributed by atoms with E-state index in [1.54, 1.807) is 24.3 Å². The number of ether oxygens (including phenoxy) is 2. The van der Waals surface area contributed by atoms with Crippen LogP contribution in [0.25, 0.3) is 0 Å². The maximum Gasteiger partial charge on any atom is 0.260 e. The second-order valence-corrected chi connectivity index (χ2v) is 9.64. The molecule has 1 aliphatic heterocycles. The zero-order chi connectivity index (χ0) is 24.6. The number of rotatable bonds is 9. The highest BCUT2D eigenvalue weighted by molar-refractivity contribution is 6.30. The minimum Gasteiger partial charge on any atom is -0.484 e. The lowest BCUT2D eigenvalue weighted by atomic mass is 10.1. The van der Waals surface area contributed by atoms with E-state index >= 15 is 0 Å². The Morgan fingerprint density at radius 1 is 0.914 bits per heavy atom. The second kappa shape index (κ2) is 12.4. The fourth-order valence-corrected chi connectivity index (χ4v) is 4.36. The van der Waals surface area contributed by atoms with Crippen molar-refractivity contribution in [2.75, 3.05) is 39.3 Å². The van der Waals surface area contributed by atoms with Gasteiger partial charge < -0.3 is 14.4 Å². The highest BCUT2D eigenvalue weighted by Crippen LogP contribution is 2.24. The maximum atomic E-state index is 12.6. The van der Waals surface area contributed by atoms with Crippen molar-refractivity contribution in [1.29, 1.82) is 0 Å². The zero-order valence-corrected chi connectivity index (χ0v) is 21.3. The summed E-state index contributed by atoms with van der Waals surface area (Å²) in [5.74, 6) is 0.627. The molecule has 0 spiro atoms. The van der Waals surface area contributed by atoms with E-state index in [-0.39, 0.29) is 18.6 Å². The number of amides is 1. The summed E-state index contributed by atoms with van der Waals surface area (Å²) in [7, 11) is 0. The molecule has 7 heteroatoms. The van der Waals surface area contributed by atoms with E-state index in [4.69, 9.17) is 32.7 Å². The summed E-state index contributed by atoms with van der Waals surface area (Å²) in [6.45, 7) is 6.28. The number of carbonyl (C=O) groups excluding carboxylic acids is 1. The smallest absolute Gasteiger partial charge is 0.260 e. The highest BCUT2D eigenvalue weighted by Gasteiger charge is 2.24. The number of nitrogens with zero attached hydrogens (tertiary/aromatic N) is 2. The number of hydrogen-bond acceptors (Lipinski definition) is 4. The van der Waals surface area contributed by atoms with E-state index in [1.807, 2.05) is 29.2 Å². The fraction of sp³-hybridized carbons (Fsp3) is 0.321. The topological polar surface area (TPSA) is 42.0 Å². The van der Waals surface area contributed by atoms with Gasteiger partial charge in [-0.3, -0.25) is 9.69 Å². The van der Waals surface area contributed by atoms with Gasteiger partial charge in [0.05, 0.1) is 12.7 Å². The lowest BCUT2D eigenvalue weighted by Gasteiger charge is -2.36. The predicted molar refractivity (Wildman–Crippen MR) is 140 cm³/mol. The van der Waals surface area contributed by atoms with Crippen molar-refractivity contribution in [3.8, 4) is 5.75 Å². The van der Waals surface area contributed by atoms with Gasteiger partial charge >= 0.3 is 0 Å². The summed E-state index contributed by atoms with van der Waals surface area (Å²) in [5.41, 5.74) is 3.46. The molecule has 1 saturated heterocycles. The van der Waals surface area contributed by atoms with Gasteiger partial charge in [0.2, 0.25) is 0 Å². The van der Waals surface area contributed by atoms with E-state index in [0.717, 1.165) is 30.8 Å². The van der Waals surface area contributed by atoms with Gasteiger partial charge in [0.1, 0.15) is 5.75 Å². The number of benzene rings is 3. The van der Waals surface area contributed by atoms with Crippen molar-refractivity contribution >= 4 is 29.1 Å². The van der Waals surface area contributed by atoms with Crippen molar-refractivity contribution in [3.63, 3.8) is 0 Å². The molecular formula is C28H30Cl2N2O3. The van der Waals surface area contributed by atoms with Crippen LogP contribution >= 0.6 is 23.2 Å². The Kier molecular flexibility index (Phi) is 9.05. The molecule has 1 amide bonds. The van der Waals surface area contributed by atoms with Gasteiger partial charge in [-0.15, -0.1) is 0 Å². The standard InChI is InChI=1S/C28H30Cl2N2O3/c1-21-3-2-4-22(17-21)19-35-27(23-5-7-24(29)8-6-23)18-31-13-15-32(16-14-31)28(33)20-34-26-11-9-25(30)10-12-26/h2-12,17,27H,13-16,18-20H2,1H3/t27-/m1/s1. The van der Waals surface area contributed by atoms with Gasteiger partial charge in [0.25, 0.3) is 5.91 Å². The molecule has 0 bridgehead atoms. The Balaban J connectivity index is 1.30. The average Bonchev–Trinajstić information content (AvgIpc) is 2.87. The highest BCUT2D eigenvalue weighted by atomic mass is 35.5. The SMILES string of the molecule is Cc1cccc(CO[C@H](CN2CCN(C(=O)COc3ccc(Cl)cc3)CC2)c2ccc(Cl)cc2)c1. The molecule has 3 aromatic carbocycles. The molecule has 1 fully saturated rings. The summed E-state index contributed by atoms with van der Waals surface area (Å²) in [6.07, 6.45) is -0.0942. The fourth-order valence-electron chi connectivity index (χ4n) is 4.11. The van der Waals surface area contributed by atoms with Crippen LogP contribution in [0.15, 0.2) is 72.8 Å². The first kappa shape index (κ1) is 25.5. The van der Waals surface area contributed by atoms with Gasteiger partial charge in [0.15, 0.2) is 6.61 Å². The molecule has 0 saturated carbocycles. The molecule has 0 radical (unpaired) electrons. The van der Waals surface area contributed by atoms with Crippen molar-refractivity contribution in [1.82, 2.24) is 9.80 Å². The molecule has 3 aromatic rings. The minimum atomic E-state index is -0.0942. The van der Waals surface area contributed by atoms with Crippen molar-refractivity contribution in [3.05, 3.63) is 99.5 Å². The van der Waals surface area contributed by atoms with Gasteiger partial charge in [-0.05, 0) is 54.4 Å². The number of carbonyl (C=O) groups is 1. The van der Waals surface area contributed by atoms with Crippen LogP contribution < -0.4 is 4.74 Å². The summed E-state index contributed by atoms with van der Waals surface area (Å²) >= 11 is 12.0. The van der Waals surface area contributed by atoms with Crippen LogP contribution in [0.4, 0.5) is 0 Å². The minimum absolute atomic E-state index is 0.00968. The maximum absolute atomic E-state index is 12.6. The lowest BCUT2D eigenvalue weighted by Crippen LogP contribution is -2.50. The van der Waals surface area contributed by atoms with Crippen LogP contribution in [-0.2, 0) is 16.1 Å². The first-order valence-corrected chi connectivity index (χ1v) is 12.5. The summed E-state index contributed by atoms with van der Waals surface area (Å²) < 4.78 is 12.0. The number of piperazine rings is 1. The molecule has 184 valence electrons. The number of halogens is 2. The Bertz CT molecular complexity index is 1100. The second-order valence-electron chi connectivity index (χ2n) is 8.76. The van der Waals surface area contributed by atoms with Crippen molar-refractivity contribution in [2.45, 2.75) is 19.6 Å². The summed E-state index contributed by atoms with van der Waals surface area (Å²) in [5, 5.41) is 1.35. The first-order valence-electron chi connectivity index (χ1n) is 11.8. The summed E-state index contributed by atoms with van der Waals surface area (Å²) in [6, 6.07) is 23.2. The van der Waals surface area contributed by atoms with Gasteiger partial charge in [0, 0.05) is 42.8 Å². The third kappa shape index (κ3) is 7.71. The predicted octanol–water partition coefficient (Wildman–Crippen LogP) is 5.78. The molecule has 1 aliphatic rings. The zero-order valence-electron chi connectivity index (χ0n) is 19.8. The van der Waals surface area contributed by atoms with Gasteiger partial charge in [-0.1, -0.05) is 65.2 Å². The molecule has 0 aromatic heterocycles. The van der Waals surface area contributed by atoms with Crippen LogP contribution in [0.5, 0.6) is 5.75 Å². The number of aryl methyl sites for hydroxylation is 1. The van der Waals surface area contributed by atoms with Crippen molar-refractivity contribution in [2.24, 2.45) is 0 Å². The Labute approximate surface area is 217 Å².